The largest absolute Gasteiger partial charge is 0.295 e. The molecule has 3 rings (SSSR count). The van der Waals surface area contributed by atoms with Crippen LogP contribution in [0.4, 0.5) is 5.69 Å². The molecule has 3 aromatic rings. The first kappa shape index (κ1) is 18.6. The van der Waals surface area contributed by atoms with Gasteiger partial charge in [-0.1, -0.05) is 34.8 Å². The molecule has 1 aromatic heterocycles. The molecule has 1 amide bonds. The number of benzene rings is 2. The van der Waals surface area contributed by atoms with E-state index in [-0.39, 0.29) is 5.91 Å². The highest BCUT2D eigenvalue weighted by Gasteiger charge is 2.11. The van der Waals surface area contributed by atoms with Gasteiger partial charge in [-0.05, 0) is 56.3 Å². The highest BCUT2D eigenvalue weighted by molar-refractivity contribution is 6.41. The van der Waals surface area contributed by atoms with Gasteiger partial charge in [-0.3, -0.25) is 15.6 Å². The maximum absolute atomic E-state index is 12.3. The lowest BCUT2D eigenvalue weighted by atomic mass is 10.2. The summed E-state index contributed by atoms with van der Waals surface area (Å²) in [6.07, 6.45) is 0. The molecule has 0 bridgehead atoms. The van der Waals surface area contributed by atoms with E-state index in [1.807, 2.05) is 36.7 Å². The number of nitrogens with one attached hydrogen (secondary N) is 2. The lowest BCUT2D eigenvalue weighted by molar-refractivity contribution is 0.0962. The van der Waals surface area contributed by atoms with Crippen LogP contribution in [0.15, 0.2) is 42.5 Å². The van der Waals surface area contributed by atoms with Crippen LogP contribution < -0.4 is 10.9 Å². The molecule has 8 heteroatoms. The van der Waals surface area contributed by atoms with Crippen molar-refractivity contribution >= 4 is 46.4 Å². The zero-order chi connectivity index (χ0) is 18.8. The van der Waals surface area contributed by atoms with Gasteiger partial charge in [0.05, 0.1) is 27.1 Å². The van der Waals surface area contributed by atoms with Gasteiger partial charge in [0.15, 0.2) is 0 Å². The Bertz CT molecular complexity index is 944. The topological polar surface area (TPSA) is 59.0 Å². The zero-order valence-electron chi connectivity index (χ0n) is 14.0. The minimum atomic E-state index is -0.327. The van der Waals surface area contributed by atoms with E-state index in [9.17, 15) is 4.79 Å². The lowest BCUT2D eigenvalue weighted by Gasteiger charge is -2.12. The Morgan fingerprint density at radius 2 is 1.62 bits per heavy atom. The quantitative estimate of drug-likeness (QED) is 0.582. The first-order chi connectivity index (χ1) is 12.3. The van der Waals surface area contributed by atoms with Crippen molar-refractivity contribution in [3.05, 3.63) is 74.5 Å². The van der Waals surface area contributed by atoms with Crippen LogP contribution in [0.1, 0.15) is 21.7 Å². The lowest BCUT2D eigenvalue weighted by Crippen LogP contribution is -2.29. The van der Waals surface area contributed by atoms with Gasteiger partial charge in [0, 0.05) is 16.3 Å². The summed E-state index contributed by atoms with van der Waals surface area (Å²) in [6.45, 7) is 3.91. The Hall–Kier alpha value is -2.21. The predicted molar refractivity (Wildman–Crippen MR) is 106 cm³/mol. The number of aromatic nitrogens is 2. The summed E-state index contributed by atoms with van der Waals surface area (Å²) in [5, 5.41) is 5.45. The Morgan fingerprint density at radius 1 is 1.00 bits per heavy atom. The molecule has 134 valence electrons. The number of carbonyl (C=O) groups is 1. The van der Waals surface area contributed by atoms with E-state index < -0.39 is 0 Å². The van der Waals surface area contributed by atoms with Crippen LogP contribution in [-0.4, -0.2) is 15.7 Å². The van der Waals surface area contributed by atoms with E-state index in [0.29, 0.717) is 26.3 Å². The Balaban J connectivity index is 1.72. The van der Waals surface area contributed by atoms with Crippen molar-refractivity contribution in [1.82, 2.24) is 15.2 Å². The van der Waals surface area contributed by atoms with Crippen LogP contribution in [0.25, 0.3) is 5.69 Å². The number of hydrogen-bond acceptors (Lipinski definition) is 3. The summed E-state index contributed by atoms with van der Waals surface area (Å²) in [7, 11) is 0. The van der Waals surface area contributed by atoms with Gasteiger partial charge in [0.1, 0.15) is 0 Å². The summed E-state index contributed by atoms with van der Waals surface area (Å²) in [5.41, 5.74) is 8.99. The number of hydrogen-bond donors (Lipinski definition) is 2. The third-order valence-corrected chi connectivity index (χ3v) is 4.51. The molecular weight excluding hydrogens is 395 g/mol. The van der Waals surface area contributed by atoms with E-state index in [1.54, 1.807) is 12.1 Å². The zero-order valence-corrected chi connectivity index (χ0v) is 16.2. The van der Waals surface area contributed by atoms with Gasteiger partial charge in [0.25, 0.3) is 5.91 Å². The smallest absolute Gasteiger partial charge is 0.269 e. The van der Waals surface area contributed by atoms with Gasteiger partial charge in [0.2, 0.25) is 0 Å². The first-order valence-corrected chi connectivity index (χ1v) is 8.83. The van der Waals surface area contributed by atoms with Gasteiger partial charge in [-0.15, -0.1) is 0 Å². The van der Waals surface area contributed by atoms with Crippen LogP contribution in [0.5, 0.6) is 0 Å². The molecule has 0 spiro atoms. The molecule has 0 radical (unpaired) electrons. The molecule has 0 aliphatic rings. The number of carbonyl (C=O) groups excluding carboxylic acids is 1. The van der Waals surface area contributed by atoms with Gasteiger partial charge >= 0.3 is 0 Å². The molecule has 26 heavy (non-hydrogen) atoms. The minimum absolute atomic E-state index is 0.308. The Morgan fingerprint density at radius 3 is 2.15 bits per heavy atom. The van der Waals surface area contributed by atoms with Crippen molar-refractivity contribution in [2.24, 2.45) is 0 Å². The summed E-state index contributed by atoms with van der Waals surface area (Å²) in [6, 6.07) is 12.2. The van der Waals surface area contributed by atoms with Crippen LogP contribution >= 0.6 is 34.8 Å². The highest BCUT2D eigenvalue weighted by atomic mass is 35.5. The summed E-state index contributed by atoms with van der Waals surface area (Å²) >= 11 is 18.0. The number of amides is 1. The second-order valence-corrected chi connectivity index (χ2v) is 6.96. The fourth-order valence-electron chi connectivity index (χ4n) is 2.50. The van der Waals surface area contributed by atoms with Crippen LogP contribution in [0.3, 0.4) is 0 Å². The third-order valence-electron chi connectivity index (χ3n) is 3.69. The number of halogens is 3. The van der Waals surface area contributed by atoms with Crippen LogP contribution in [-0.2, 0) is 0 Å². The molecule has 2 N–H and O–H groups in total. The van der Waals surface area contributed by atoms with E-state index in [4.69, 9.17) is 34.8 Å². The standard InChI is InChI=1S/C18H15Cl3N4O/c1-10-7-11(2)25(24-10)14-5-3-12(4-6-14)18(26)23-22-17-15(20)8-13(19)9-16(17)21/h3-9,22H,1-2H3,(H,23,26). The van der Waals surface area contributed by atoms with Gasteiger partial charge in [-0.2, -0.15) is 5.10 Å². The second-order valence-electron chi connectivity index (χ2n) is 5.71. The van der Waals surface area contributed by atoms with E-state index in [0.717, 1.165) is 17.1 Å². The van der Waals surface area contributed by atoms with Crippen molar-refractivity contribution in [2.45, 2.75) is 13.8 Å². The average Bonchev–Trinajstić information content (AvgIpc) is 2.92. The molecule has 0 saturated carbocycles. The van der Waals surface area contributed by atoms with Crippen molar-refractivity contribution < 1.29 is 4.79 Å². The van der Waals surface area contributed by atoms with E-state index in [1.165, 1.54) is 12.1 Å². The molecule has 0 saturated heterocycles. The summed E-state index contributed by atoms with van der Waals surface area (Å²) in [5.74, 6) is -0.327. The third kappa shape index (κ3) is 3.96. The summed E-state index contributed by atoms with van der Waals surface area (Å²) < 4.78 is 1.82. The number of hydrazine groups is 1. The molecule has 0 aliphatic carbocycles. The van der Waals surface area contributed by atoms with Crippen molar-refractivity contribution in [3.8, 4) is 5.69 Å². The SMILES string of the molecule is Cc1cc(C)n(-c2ccc(C(=O)NNc3c(Cl)cc(Cl)cc3Cl)cc2)n1. The molecule has 5 nitrogen and oxygen atoms in total. The van der Waals surface area contributed by atoms with Crippen LogP contribution in [0.2, 0.25) is 15.1 Å². The predicted octanol–water partition coefficient (Wildman–Crippen LogP) is 5.21. The molecule has 0 aliphatic heterocycles. The number of aryl methyl sites for hydroxylation is 2. The van der Waals surface area contributed by atoms with Crippen LogP contribution in [0, 0.1) is 13.8 Å². The Labute approximate surface area is 165 Å². The maximum Gasteiger partial charge on any atom is 0.269 e. The molecular formula is C18H15Cl3N4O. The fraction of sp³-hybridized carbons (Fsp3) is 0.111. The van der Waals surface area contributed by atoms with E-state index in [2.05, 4.69) is 16.0 Å². The second kappa shape index (κ2) is 7.58. The van der Waals surface area contributed by atoms with Gasteiger partial charge < -0.3 is 0 Å². The molecule has 2 aromatic carbocycles. The monoisotopic (exact) mass is 408 g/mol. The molecule has 0 unspecified atom stereocenters. The number of anilines is 1. The number of nitrogens with zero attached hydrogens (tertiary/aromatic N) is 2. The normalized spacial score (nSPS) is 10.7. The van der Waals surface area contributed by atoms with Crippen molar-refractivity contribution in [1.29, 1.82) is 0 Å². The van der Waals surface area contributed by atoms with Crippen molar-refractivity contribution in [3.63, 3.8) is 0 Å². The molecule has 0 atom stereocenters. The van der Waals surface area contributed by atoms with E-state index >= 15 is 0 Å². The molecule has 0 fully saturated rings. The summed E-state index contributed by atoms with van der Waals surface area (Å²) in [4.78, 5) is 12.3. The molecule has 1 heterocycles. The minimum Gasteiger partial charge on any atom is -0.295 e. The average molecular weight is 410 g/mol. The fourth-order valence-corrected chi connectivity index (χ4v) is 3.41. The first-order valence-electron chi connectivity index (χ1n) is 7.70. The highest BCUT2D eigenvalue weighted by Crippen LogP contribution is 2.33. The maximum atomic E-state index is 12.3. The van der Waals surface area contributed by atoms with Gasteiger partial charge in [-0.25, -0.2) is 4.68 Å². The Kier molecular flexibility index (Phi) is 5.41. The van der Waals surface area contributed by atoms with Crippen molar-refractivity contribution in [2.75, 3.05) is 5.43 Å². The number of rotatable bonds is 4.